The van der Waals surface area contributed by atoms with Crippen molar-refractivity contribution in [2.45, 2.75) is 6.92 Å². The van der Waals surface area contributed by atoms with E-state index < -0.39 is 5.97 Å². The van der Waals surface area contributed by atoms with E-state index >= 15 is 0 Å². The van der Waals surface area contributed by atoms with E-state index in [2.05, 4.69) is 4.98 Å². The van der Waals surface area contributed by atoms with Gasteiger partial charge in [0.2, 0.25) is 5.82 Å². The topological polar surface area (TPSA) is 54.6 Å². The smallest absolute Gasteiger partial charge is 0.372 e. The molecule has 0 amide bonds. The maximum Gasteiger partial charge on any atom is 0.372 e. The van der Waals surface area contributed by atoms with Gasteiger partial charge in [-0.25, -0.2) is 9.78 Å². The maximum absolute atomic E-state index is 10.7. The molecule has 0 aliphatic rings. The van der Waals surface area contributed by atoms with Crippen LogP contribution in [0.15, 0.2) is 24.5 Å². The van der Waals surface area contributed by atoms with Crippen LogP contribution >= 0.6 is 0 Å². The van der Waals surface area contributed by atoms with Crippen LogP contribution < -0.4 is 0 Å². The van der Waals surface area contributed by atoms with Gasteiger partial charge in [-0.3, -0.25) is 4.40 Å². The van der Waals surface area contributed by atoms with Gasteiger partial charge >= 0.3 is 5.97 Å². The number of carboxylic acid groups (broad SMARTS) is 1. The first-order valence-electron chi connectivity index (χ1n) is 3.85. The van der Waals surface area contributed by atoms with Gasteiger partial charge in [-0.05, 0) is 24.6 Å². The van der Waals surface area contributed by atoms with Crippen molar-refractivity contribution in [1.29, 1.82) is 0 Å². The van der Waals surface area contributed by atoms with Crippen LogP contribution in [0.5, 0.6) is 0 Å². The Hall–Kier alpha value is -1.84. The lowest BCUT2D eigenvalue weighted by Gasteiger charge is -1.96. The SMILES string of the molecule is Cc1ccn2c(C(=O)O)ncc2c1. The summed E-state index contributed by atoms with van der Waals surface area (Å²) < 4.78 is 1.55. The molecule has 0 aliphatic carbocycles. The number of carbonyl (C=O) groups is 1. The number of nitrogens with zero attached hydrogens (tertiary/aromatic N) is 2. The molecule has 0 saturated heterocycles. The highest BCUT2D eigenvalue weighted by atomic mass is 16.4. The van der Waals surface area contributed by atoms with Crippen molar-refractivity contribution in [3.8, 4) is 0 Å². The summed E-state index contributed by atoms with van der Waals surface area (Å²) in [7, 11) is 0. The zero-order valence-corrected chi connectivity index (χ0v) is 7.06. The first-order chi connectivity index (χ1) is 6.18. The zero-order valence-electron chi connectivity index (χ0n) is 7.06. The lowest BCUT2D eigenvalue weighted by molar-refractivity contribution is 0.0683. The summed E-state index contributed by atoms with van der Waals surface area (Å²) in [5.41, 5.74) is 1.89. The molecule has 0 radical (unpaired) electrons. The van der Waals surface area contributed by atoms with Crippen molar-refractivity contribution in [2.75, 3.05) is 0 Å². The van der Waals surface area contributed by atoms with Crippen LogP contribution in [-0.4, -0.2) is 20.5 Å². The van der Waals surface area contributed by atoms with Gasteiger partial charge in [-0.2, -0.15) is 0 Å². The molecule has 4 heteroatoms. The molecule has 2 heterocycles. The van der Waals surface area contributed by atoms with Gasteiger partial charge in [0.15, 0.2) is 0 Å². The normalized spacial score (nSPS) is 10.5. The van der Waals surface area contributed by atoms with E-state index in [1.165, 1.54) is 0 Å². The van der Waals surface area contributed by atoms with Crippen molar-refractivity contribution in [3.63, 3.8) is 0 Å². The minimum Gasteiger partial charge on any atom is -0.475 e. The van der Waals surface area contributed by atoms with Crippen LogP contribution in [0, 0.1) is 6.92 Å². The van der Waals surface area contributed by atoms with Gasteiger partial charge in [0.1, 0.15) is 0 Å². The molecule has 0 bridgehead atoms. The van der Waals surface area contributed by atoms with Crippen molar-refractivity contribution in [1.82, 2.24) is 9.38 Å². The molecule has 0 spiro atoms. The number of imidazole rings is 1. The summed E-state index contributed by atoms with van der Waals surface area (Å²) in [5, 5.41) is 8.76. The number of hydrogen-bond donors (Lipinski definition) is 1. The molecule has 13 heavy (non-hydrogen) atoms. The Kier molecular flexibility index (Phi) is 1.55. The Morgan fingerprint density at radius 1 is 1.62 bits per heavy atom. The molecule has 2 rings (SSSR count). The average molecular weight is 176 g/mol. The molecular weight excluding hydrogens is 168 g/mol. The first-order valence-corrected chi connectivity index (χ1v) is 3.85. The molecular formula is C9H8N2O2. The maximum atomic E-state index is 10.7. The molecule has 0 unspecified atom stereocenters. The van der Waals surface area contributed by atoms with E-state index in [1.807, 2.05) is 19.1 Å². The lowest BCUT2D eigenvalue weighted by Crippen LogP contribution is -2.03. The number of aromatic nitrogens is 2. The van der Waals surface area contributed by atoms with Gasteiger partial charge in [0.05, 0.1) is 11.7 Å². The summed E-state index contributed by atoms with van der Waals surface area (Å²) in [6.07, 6.45) is 3.26. The predicted molar refractivity (Wildman–Crippen MR) is 46.9 cm³/mol. The third kappa shape index (κ3) is 1.16. The van der Waals surface area contributed by atoms with Crippen molar-refractivity contribution in [2.24, 2.45) is 0 Å². The van der Waals surface area contributed by atoms with Crippen LogP contribution in [0.4, 0.5) is 0 Å². The number of fused-ring (bicyclic) bond motifs is 1. The van der Waals surface area contributed by atoms with Gasteiger partial charge < -0.3 is 5.11 Å². The zero-order chi connectivity index (χ0) is 9.42. The van der Waals surface area contributed by atoms with Gasteiger partial charge in [0.25, 0.3) is 0 Å². The lowest BCUT2D eigenvalue weighted by atomic mass is 10.3. The summed E-state index contributed by atoms with van der Waals surface area (Å²) in [4.78, 5) is 14.5. The highest BCUT2D eigenvalue weighted by Crippen LogP contribution is 2.08. The summed E-state index contributed by atoms with van der Waals surface area (Å²) in [6, 6.07) is 3.74. The Bertz CT molecular complexity index is 473. The Morgan fingerprint density at radius 2 is 2.38 bits per heavy atom. The van der Waals surface area contributed by atoms with Crippen molar-refractivity contribution in [3.05, 3.63) is 35.9 Å². The third-order valence-corrected chi connectivity index (χ3v) is 1.88. The van der Waals surface area contributed by atoms with Crippen LogP contribution in [0.1, 0.15) is 16.2 Å². The average Bonchev–Trinajstić information content (AvgIpc) is 2.46. The second-order valence-electron chi connectivity index (χ2n) is 2.89. The van der Waals surface area contributed by atoms with Crippen LogP contribution in [0.3, 0.4) is 0 Å². The summed E-state index contributed by atoms with van der Waals surface area (Å²) in [6.45, 7) is 1.95. The molecule has 0 aliphatic heterocycles. The molecule has 2 aromatic rings. The number of aryl methyl sites for hydroxylation is 1. The van der Waals surface area contributed by atoms with E-state index in [0.29, 0.717) is 0 Å². The molecule has 66 valence electrons. The minimum absolute atomic E-state index is 0.0509. The number of hydrogen-bond acceptors (Lipinski definition) is 2. The fraction of sp³-hybridized carbons (Fsp3) is 0.111. The van der Waals surface area contributed by atoms with E-state index in [-0.39, 0.29) is 5.82 Å². The van der Waals surface area contributed by atoms with Crippen molar-refractivity contribution >= 4 is 11.5 Å². The highest BCUT2D eigenvalue weighted by molar-refractivity contribution is 5.84. The first kappa shape index (κ1) is 7.79. The predicted octanol–water partition coefficient (Wildman–Crippen LogP) is 1.34. The Morgan fingerprint density at radius 3 is 3.08 bits per heavy atom. The van der Waals surface area contributed by atoms with Crippen molar-refractivity contribution < 1.29 is 9.90 Å². The number of rotatable bonds is 1. The monoisotopic (exact) mass is 176 g/mol. The van der Waals surface area contributed by atoms with E-state index in [1.54, 1.807) is 16.8 Å². The molecule has 4 nitrogen and oxygen atoms in total. The molecule has 0 fully saturated rings. The van der Waals surface area contributed by atoms with E-state index in [0.717, 1.165) is 11.1 Å². The Labute approximate surface area is 74.5 Å². The van der Waals surface area contributed by atoms with E-state index in [4.69, 9.17) is 5.11 Å². The fourth-order valence-electron chi connectivity index (χ4n) is 1.27. The largest absolute Gasteiger partial charge is 0.475 e. The van der Waals surface area contributed by atoms with Gasteiger partial charge in [-0.15, -0.1) is 0 Å². The van der Waals surface area contributed by atoms with Crippen LogP contribution in [0.25, 0.3) is 5.52 Å². The molecule has 0 aromatic carbocycles. The third-order valence-electron chi connectivity index (χ3n) is 1.88. The quantitative estimate of drug-likeness (QED) is 0.713. The second-order valence-corrected chi connectivity index (χ2v) is 2.89. The molecule has 0 saturated carbocycles. The second kappa shape index (κ2) is 2.58. The highest BCUT2D eigenvalue weighted by Gasteiger charge is 2.09. The molecule has 0 atom stereocenters. The van der Waals surface area contributed by atoms with Crippen LogP contribution in [-0.2, 0) is 0 Å². The molecule has 2 aromatic heterocycles. The van der Waals surface area contributed by atoms with Gasteiger partial charge in [0, 0.05) is 6.20 Å². The summed E-state index contributed by atoms with van der Waals surface area (Å²) in [5.74, 6) is -0.959. The number of carboxylic acids is 1. The fourth-order valence-corrected chi connectivity index (χ4v) is 1.27. The Balaban J connectivity index is 2.76. The molecule has 1 N–H and O–H groups in total. The number of aromatic carboxylic acids is 1. The minimum atomic E-state index is -1.01. The van der Waals surface area contributed by atoms with Gasteiger partial charge in [-0.1, -0.05) is 0 Å². The standard InChI is InChI=1S/C9H8N2O2/c1-6-2-3-11-7(4-6)5-10-8(11)9(12)13/h2-5H,1H3,(H,12,13). The van der Waals surface area contributed by atoms with E-state index in [9.17, 15) is 4.79 Å². The van der Waals surface area contributed by atoms with Crippen LogP contribution in [0.2, 0.25) is 0 Å². The summed E-state index contributed by atoms with van der Waals surface area (Å²) >= 11 is 0. The number of pyridine rings is 1.